The minimum absolute atomic E-state index is 0.133. The molecule has 1 aliphatic rings. The first-order valence-electron chi connectivity index (χ1n) is 7.57. The lowest BCUT2D eigenvalue weighted by molar-refractivity contribution is -0.384. The molecule has 0 saturated carbocycles. The van der Waals surface area contributed by atoms with E-state index in [9.17, 15) is 15.2 Å². The van der Waals surface area contributed by atoms with Crippen LogP contribution in [0.5, 0.6) is 0 Å². The van der Waals surface area contributed by atoms with E-state index in [4.69, 9.17) is 0 Å². The number of para-hydroxylation sites is 1. The van der Waals surface area contributed by atoms with E-state index in [1.54, 1.807) is 23.5 Å². The summed E-state index contributed by atoms with van der Waals surface area (Å²) in [4.78, 5) is 12.8. The molecule has 0 bridgehead atoms. The molecule has 122 valence electrons. The summed E-state index contributed by atoms with van der Waals surface area (Å²) < 4.78 is 0. The largest absolute Gasteiger partial charge is 0.391 e. The van der Waals surface area contributed by atoms with Gasteiger partial charge in [0.1, 0.15) is 0 Å². The van der Waals surface area contributed by atoms with Crippen molar-refractivity contribution < 1.29 is 10.0 Å². The monoisotopic (exact) mass is 333 g/mol. The van der Waals surface area contributed by atoms with Crippen LogP contribution in [-0.2, 0) is 6.54 Å². The first kappa shape index (κ1) is 16.1. The Morgan fingerprint density at radius 1 is 1.30 bits per heavy atom. The van der Waals surface area contributed by atoms with Gasteiger partial charge in [-0.3, -0.25) is 10.1 Å². The Labute approximate surface area is 138 Å². The van der Waals surface area contributed by atoms with E-state index in [-0.39, 0.29) is 22.6 Å². The Bertz CT molecular complexity index is 689. The first-order chi connectivity index (χ1) is 11.1. The topological polar surface area (TPSA) is 87.4 Å². The highest BCUT2D eigenvalue weighted by Crippen LogP contribution is 2.34. The van der Waals surface area contributed by atoms with Gasteiger partial charge in [0.15, 0.2) is 0 Å². The van der Waals surface area contributed by atoms with Crippen LogP contribution in [0.4, 0.5) is 5.69 Å². The molecule has 3 rings (SSSR count). The molecule has 2 atom stereocenters. The highest BCUT2D eigenvalue weighted by atomic mass is 32.1. The number of nitrogens with zero attached hydrogens (tertiary/aromatic N) is 1. The maximum atomic E-state index is 11.1. The fourth-order valence-corrected chi connectivity index (χ4v) is 3.78. The van der Waals surface area contributed by atoms with Crippen molar-refractivity contribution in [2.24, 2.45) is 5.92 Å². The lowest BCUT2D eigenvalue weighted by atomic mass is 10.1. The number of nitrogens with one attached hydrogen (secondary N) is 2. The molecular formula is C16H19N3O3S. The molecule has 0 spiro atoms. The number of hydrogen-bond acceptors (Lipinski definition) is 6. The summed E-state index contributed by atoms with van der Waals surface area (Å²) >= 11 is 1.56. The van der Waals surface area contributed by atoms with Gasteiger partial charge in [-0.05, 0) is 18.2 Å². The maximum Gasteiger partial charge on any atom is 0.278 e. The zero-order valence-corrected chi connectivity index (χ0v) is 13.4. The summed E-state index contributed by atoms with van der Waals surface area (Å²) in [6, 6.07) is 10.7. The van der Waals surface area contributed by atoms with E-state index in [1.165, 1.54) is 6.07 Å². The Morgan fingerprint density at radius 3 is 2.87 bits per heavy atom. The fourth-order valence-electron chi connectivity index (χ4n) is 2.77. The Morgan fingerprint density at radius 2 is 2.13 bits per heavy atom. The van der Waals surface area contributed by atoms with Gasteiger partial charge in [0.05, 0.1) is 16.6 Å². The number of benzene rings is 1. The van der Waals surface area contributed by atoms with Crippen LogP contribution in [0.25, 0.3) is 10.4 Å². The second-order valence-corrected chi connectivity index (χ2v) is 6.83. The minimum atomic E-state index is -0.346. The van der Waals surface area contributed by atoms with Crippen LogP contribution >= 0.6 is 11.3 Å². The van der Waals surface area contributed by atoms with Gasteiger partial charge in [-0.25, -0.2) is 0 Å². The highest BCUT2D eigenvalue weighted by Gasteiger charge is 2.24. The Hall–Kier alpha value is -1.80. The minimum Gasteiger partial charge on any atom is -0.391 e. The molecule has 0 aliphatic carbocycles. The van der Waals surface area contributed by atoms with Crippen LogP contribution in [0.15, 0.2) is 36.4 Å². The van der Waals surface area contributed by atoms with Gasteiger partial charge in [-0.2, -0.15) is 0 Å². The standard InChI is InChI=1S/C16H19N3O3S/c20-15-10-18-8-11(15)7-17-9-12-5-6-16(23-12)13-3-1-2-4-14(13)19(21)22/h1-6,11,15,17-18,20H,7-10H2. The summed E-state index contributed by atoms with van der Waals surface area (Å²) in [5, 5.41) is 27.4. The van der Waals surface area contributed by atoms with Gasteiger partial charge in [-0.15, -0.1) is 11.3 Å². The van der Waals surface area contributed by atoms with E-state index < -0.39 is 0 Å². The van der Waals surface area contributed by atoms with Crippen LogP contribution in [0, 0.1) is 16.0 Å². The third-order valence-corrected chi connectivity index (χ3v) is 5.16. The molecule has 1 aromatic heterocycles. The smallest absolute Gasteiger partial charge is 0.278 e. The van der Waals surface area contributed by atoms with Crippen molar-refractivity contribution in [1.82, 2.24) is 10.6 Å². The van der Waals surface area contributed by atoms with Gasteiger partial charge >= 0.3 is 0 Å². The molecule has 0 amide bonds. The summed E-state index contributed by atoms with van der Waals surface area (Å²) in [6.45, 7) is 2.95. The lowest BCUT2D eigenvalue weighted by Gasteiger charge is -2.13. The third kappa shape index (κ3) is 3.76. The normalized spacial score (nSPS) is 20.7. The summed E-state index contributed by atoms with van der Waals surface area (Å²) in [5.74, 6) is 0.240. The molecule has 23 heavy (non-hydrogen) atoms. The summed E-state index contributed by atoms with van der Waals surface area (Å²) in [6.07, 6.45) is -0.284. The fraction of sp³-hybridized carbons (Fsp3) is 0.375. The maximum absolute atomic E-state index is 11.1. The zero-order valence-electron chi connectivity index (χ0n) is 12.6. The highest BCUT2D eigenvalue weighted by molar-refractivity contribution is 7.15. The molecule has 2 heterocycles. The molecule has 6 nitrogen and oxygen atoms in total. The molecule has 2 aromatic rings. The van der Waals surface area contributed by atoms with Gasteiger partial charge in [0.25, 0.3) is 5.69 Å². The molecule has 1 fully saturated rings. The van der Waals surface area contributed by atoms with Crippen LogP contribution < -0.4 is 10.6 Å². The molecule has 1 saturated heterocycles. The molecular weight excluding hydrogens is 314 g/mol. The number of nitro benzene ring substituents is 1. The molecule has 7 heteroatoms. The second kappa shape index (κ2) is 7.18. The van der Waals surface area contributed by atoms with Crippen molar-refractivity contribution >= 4 is 17.0 Å². The van der Waals surface area contributed by atoms with Crippen molar-refractivity contribution in [3.8, 4) is 10.4 Å². The Balaban J connectivity index is 1.63. The van der Waals surface area contributed by atoms with Crippen molar-refractivity contribution in [2.75, 3.05) is 19.6 Å². The molecule has 3 N–H and O–H groups in total. The van der Waals surface area contributed by atoms with Crippen LogP contribution in [0.3, 0.4) is 0 Å². The van der Waals surface area contributed by atoms with Gasteiger partial charge in [0, 0.05) is 47.9 Å². The van der Waals surface area contributed by atoms with Gasteiger partial charge in [0.2, 0.25) is 0 Å². The van der Waals surface area contributed by atoms with Gasteiger partial charge in [-0.1, -0.05) is 12.1 Å². The quantitative estimate of drug-likeness (QED) is 0.556. The number of hydrogen-bond donors (Lipinski definition) is 3. The SMILES string of the molecule is O=[N+]([O-])c1ccccc1-c1ccc(CNCC2CNCC2O)s1. The van der Waals surface area contributed by atoms with Crippen LogP contribution in [-0.4, -0.2) is 35.8 Å². The van der Waals surface area contributed by atoms with Gasteiger partial charge < -0.3 is 15.7 Å². The second-order valence-electron chi connectivity index (χ2n) is 5.66. The number of thiophene rings is 1. The number of β-amino-alcohol motifs (C(OH)–C–C–N with tert-alkyl or cyclic N) is 1. The predicted octanol–water partition coefficient (Wildman–Crippen LogP) is 1.99. The van der Waals surface area contributed by atoms with Crippen molar-refractivity contribution in [2.45, 2.75) is 12.6 Å². The first-order valence-corrected chi connectivity index (χ1v) is 8.39. The lowest BCUT2D eigenvalue weighted by Crippen LogP contribution is -2.29. The van der Waals surface area contributed by atoms with E-state index in [0.29, 0.717) is 18.7 Å². The van der Waals surface area contributed by atoms with E-state index in [1.807, 2.05) is 18.2 Å². The van der Waals surface area contributed by atoms with E-state index >= 15 is 0 Å². The molecule has 0 radical (unpaired) electrons. The van der Waals surface area contributed by atoms with Crippen molar-refractivity contribution in [3.05, 3.63) is 51.4 Å². The number of aliphatic hydroxyl groups is 1. The predicted molar refractivity (Wildman–Crippen MR) is 90.5 cm³/mol. The molecule has 1 aromatic carbocycles. The number of nitro groups is 1. The zero-order chi connectivity index (χ0) is 16.2. The van der Waals surface area contributed by atoms with Crippen molar-refractivity contribution in [1.29, 1.82) is 0 Å². The van der Waals surface area contributed by atoms with Crippen LogP contribution in [0.1, 0.15) is 4.88 Å². The van der Waals surface area contributed by atoms with Crippen LogP contribution in [0.2, 0.25) is 0 Å². The summed E-state index contributed by atoms with van der Waals surface area (Å²) in [7, 11) is 0. The Kier molecular flexibility index (Phi) is 5.02. The van der Waals surface area contributed by atoms with Crippen molar-refractivity contribution in [3.63, 3.8) is 0 Å². The summed E-state index contributed by atoms with van der Waals surface area (Å²) in [5.41, 5.74) is 0.790. The van der Waals surface area contributed by atoms with E-state index in [2.05, 4.69) is 10.6 Å². The third-order valence-electron chi connectivity index (χ3n) is 4.04. The number of aliphatic hydroxyl groups excluding tert-OH is 1. The number of rotatable bonds is 6. The molecule has 2 unspecified atom stereocenters. The molecule has 1 aliphatic heterocycles. The average Bonchev–Trinajstić information content (AvgIpc) is 3.17. The van der Waals surface area contributed by atoms with E-state index in [0.717, 1.165) is 22.8 Å². The average molecular weight is 333 g/mol.